The topological polar surface area (TPSA) is 67.5 Å². The molecule has 1 rings (SSSR count). The highest BCUT2D eigenvalue weighted by molar-refractivity contribution is 5.39. The van der Waals surface area contributed by atoms with Gasteiger partial charge in [-0.1, -0.05) is 0 Å². The van der Waals surface area contributed by atoms with Crippen LogP contribution in [-0.2, 0) is 6.54 Å². The highest BCUT2D eigenvalue weighted by Gasteiger charge is 2.02. The summed E-state index contributed by atoms with van der Waals surface area (Å²) in [7, 11) is 1.61. The highest BCUT2D eigenvalue weighted by Crippen LogP contribution is 2.22. The standard InChI is InChI=1S/C11H18N2O2/c1-15-10-3-4-11(14)9(7-10)8-13-6-2-5-12/h3-4,7,13-14H,2,5-6,8,12H2,1H3. The molecule has 0 heterocycles. The van der Waals surface area contributed by atoms with E-state index < -0.39 is 0 Å². The number of nitrogens with two attached hydrogens (primary N) is 1. The van der Waals surface area contributed by atoms with Gasteiger partial charge in [0, 0.05) is 12.1 Å². The van der Waals surface area contributed by atoms with Gasteiger partial charge in [0.2, 0.25) is 0 Å². The van der Waals surface area contributed by atoms with Crippen LogP contribution in [0.25, 0.3) is 0 Å². The smallest absolute Gasteiger partial charge is 0.120 e. The maximum Gasteiger partial charge on any atom is 0.120 e. The molecule has 0 bridgehead atoms. The van der Waals surface area contributed by atoms with Crippen molar-refractivity contribution in [2.24, 2.45) is 5.73 Å². The number of methoxy groups -OCH3 is 1. The van der Waals surface area contributed by atoms with Crippen LogP contribution in [0.2, 0.25) is 0 Å². The van der Waals surface area contributed by atoms with Crippen LogP contribution in [0.4, 0.5) is 0 Å². The molecule has 0 aliphatic rings. The molecular weight excluding hydrogens is 192 g/mol. The van der Waals surface area contributed by atoms with Gasteiger partial charge in [0.25, 0.3) is 0 Å². The number of hydrogen-bond donors (Lipinski definition) is 3. The fourth-order valence-corrected chi connectivity index (χ4v) is 1.28. The number of rotatable bonds is 6. The summed E-state index contributed by atoms with van der Waals surface area (Å²) >= 11 is 0. The second kappa shape index (κ2) is 6.27. The monoisotopic (exact) mass is 210 g/mol. The third-order valence-electron chi connectivity index (χ3n) is 2.16. The molecule has 1 aromatic rings. The van der Waals surface area contributed by atoms with Crippen molar-refractivity contribution >= 4 is 0 Å². The summed E-state index contributed by atoms with van der Waals surface area (Å²) in [6.07, 6.45) is 0.935. The quantitative estimate of drug-likeness (QED) is 0.609. The first-order chi connectivity index (χ1) is 7.27. The predicted molar refractivity (Wildman–Crippen MR) is 60.0 cm³/mol. The molecular formula is C11H18N2O2. The molecule has 4 N–H and O–H groups in total. The van der Waals surface area contributed by atoms with E-state index in [4.69, 9.17) is 10.5 Å². The summed E-state index contributed by atoms with van der Waals surface area (Å²) in [5, 5.41) is 12.8. The summed E-state index contributed by atoms with van der Waals surface area (Å²) in [5.41, 5.74) is 6.21. The SMILES string of the molecule is COc1ccc(O)c(CNCCCN)c1. The van der Waals surface area contributed by atoms with Crippen molar-refractivity contribution in [3.63, 3.8) is 0 Å². The molecule has 0 saturated carbocycles. The molecule has 0 spiro atoms. The maximum absolute atomic E-state index is 9.57. The molecule has 84 valence electrons. The Kier molecular flexibility index (Phi) is 4.93. The lowest BCUT2D eigenvalue weighted by Gasteiger charge is -2.08. The molecule has 0 amide bonds. The lowest BCUT2D eigenvalue weighted by molar-refractivity contribution is 0.410. The van der Waals surface area contributed by atoms with Gasteiger partial charge >= 0.3 is 0 Å². The number of phenolic OH excluding ortho intramolecular Hbond substituents is 1. The molecule has 0 aliphatic heterocycles. The van der Waals surface area contributed by atoms with Crippen LogP contribution in [0.15, 0.2) is 18.2 Å². The van der Waals surface area contributed by atoms with Crippen LogP contribution in [-0.4, -0.2) is 25.3 Å². The average molecular weight is 210 g/mol. The lowest BCUT2D eigenvalue weighted by atomic mass is 10.2. The number of hydrogen-bond acceptors (Lipinski definition) is 4. The van der Waals surface area contributed by atoms with E-state index >= 15 is 0 Å². The summed E-state index contributed by atoms with van der Waals surface area (Å²) < 4.78 is 5.08. The van der Waals surface area contributed by atoms with Gasteiger partial charge in [-0.15, -0.1) is 0 Å². The minimum Gasteiger partial charge on any atom is -0.508 e. The first kappa shape index (κ1) is 11.8. The minimum absolute atomic E-state index is 0.288. The van der Waals surface area contributed by atoms with E-state index in [1.54, 1.807) is 19.2 Å². The number of ether oxygens (including phenoxy) is 1. The molecule has 0 unspecified atom stereocenters. The number of nitrogens with one attached hydrogen (secondary N) is 1. The largest absolute Gasteiger partial charge is 0.508 e. The van der Waals surface area contributed by atoms with Crippen molar-refractivity contribution in [2.75, 3.05) is 20.2 Å². The van der Waals surface area contributed by atoms with E-state index in [0.717, 1.165) is 24.3 Å². The Hall–Kier alpha value is -1.26. The Morgan fingerprint density at radius 1 is 1.47 bits per heavy atom. The van der Waals surface area contributed by atoms with E-state index in [2.05, 4.69) is 5.32 Å². The minimum atomic E-state index is 0.288. The molecule has 0 radical (unpaired) electrons. The zero-order valence-corrected chi connectivity index (χ0v) is 8.99. The van der Waals surface area contributed by atoms with Crippen molar-refractivity contribution in [1.29, 1.82) is 0 Å². The van der Waals surface area contributed by atoms with E-state index in [-0.39, 0.29) is 5.75 Å². The van der Waals surface area contributed by atoms with Gasteiger partial charge in [0.05, 0.1) is 7.11 Å². The second-order valence-electron chi connectivity index (χ2n) is 3.31. The van der Waals surface area contributed by atoms with Gasteiger partial charge < -0.3 is 20.9 Å². The van der Waals surface area contributed by atoms with Crippen molar-refractivity contribution < 1.29 is 9.84 Å². The predicted octanol–water partition coefficient (Wildman–Crippen LogP) is 0.839. The highest BCUT2D eigenvalue weighted by atomic mass is 16.5. The van der Waals surface area contributed by atoms with Crippen LogP contribution in [0, 0.1) is 0 Å². The number of benzene rings is 1. The molecule has 0 aromatic heterocycles. The van der Waals surface area contributed by atoms with Gasteiger partial charge in [-0.3, -0.25) is 0 Å². The second-order valence-corrected chi connectivity index (χ2v) is 3.31. The number of phenols is 1. The van der Waals surface area contributed by atoms with E-state index in [1.165, 1.54) is 0 Å². The molecule has 1 aromatic carbocycles. The third-order valence-corrected chi connectivity index (χ3v) is 2.16. The molecule has 0 aliphatic carbocycles. The Morgan fingerprint density at radius 3 is 2.93 bits per heavy atom. The Labute approximate surface area is 90.1 Å². The van der Waals surface area contributed by atoms with Gasteiger partial charge in [-0.2, -0.15) is 0 Å². The zero-order chi connectivity index (χ0) is 11.1. The maximum atomic E-state index is 9.57. The van der Waals surface area contributed by atoms with Gasteiger partial charge in [0.15, 0.2) is 0 Å². The van der Waals surface area contributed by atoms with Crippen LogP contribution >= 0.6 is 0 Å². The van der Waals surface area contributed by atoms with Crippen LogP contribution in [0.1, 0.15) is 12.0 Å². The van der Waals surface area contributed by atoms with Crippen molar-refractivity contribution in [1.82, 2.24) is 5.32 Å². The van der Waals surface area contributed by atoms with Crippen molar-refractivity contribution in [3.05, 3.63) is 23.8 Å². The van der Waals surface area contributed by atoms with Crippen LogP contribution in [0.3, 0.4) is 0 Å². The van der Waals surface area contributed by atoms with E-state index in [9.17, 15) is 5.11 Å². The average Bonchev–Trinajstić information content (AvgIpc) is 2.26. The Balaban J connectivity index is 2.51. The molecule has 4 nitrogen and oxygen atoms in total. The summed E-state index contributed by atoms with van der Waals surface area (Å²) in [6.45, 7) is 2.16. The Morgan fingerprint density at radius 2 is 2.27 bits per heavy atom. The molecule has 4 heteroatoms. The number of aromatic hydroxyl groups is 1. The molecule has 15 heavy (non-hydrogen) atoms. The van der Waals surface area contributed by atoms with E-state index in [0.29, 0.717) is 13.1 Å². The Bertz CT molecular complexity index is 303. The van der Waals surface area contributed by atoms with Gasteiger partial charge in [-0.25, -0.2) is 0 Å². The zero-order valence-electron chi connectivity index (χ0n) is 8.99. The molecule has 0 atom stereocenters. The summed E-state index contributed by atoms with van der Waals surface area (Å²) in [6, 6.07) is 5.20. The van der Waals surface area contributed by atoms with E-state index in [1.807, 2.05) is 6.07 Å². The first-order valence-electron chi connectivity index (χ1n) is 5.04. The van der Waals surface area contributed by atoms with Crippen molar-refractivity contribution in [2.45, 2.75) is 13.0 Å². The normalized spacial score (nSPS) is 10.3. The van der Waals surface area contributed by atoms with Gasteiger partial charge in [-0.05, 0) is 37.7 Å². The summed E-state index contributed by atoms with van der Waals surface area (Å²) in [4.78, 5) is 0. The first-order valence-corrected chi connectivity index (χ1v) is 5.04. The molecule has 0 saturated heterocycles. The van der Waals surface area contributed by atoms with Crippen LogP contribution in [0.5, 0.6) is 11.5 Å². The third kappa shape index (κ3) is 3.77. The lowest BCUT2D eigenvalue weighted by Crippen LogP contribution is -2.17. The van der Waals surface area contributed by atoms with Crippen LogP contribution < -0.4 is 15.8 Å². The molecule has 0 fully saturated rings. The summed E-state index contributed by atoms with van der Waals surface area (Å²) in [5.74, 6) is 1.04. The van der Waals surface area contributed by atoms with Crippen molar-refractivity contribution in [3.8, 4) is 11.5 Å². The van der Waals surface area contributed by atoms with Gasteiger partial charge in [0.1, 0.15) is 11.5 Å². The fourth-order valence-electron chi connectivity index (χ4n) is 1.28. The fraction of sp³-hybridized carbons (Fsp3) is 0.455.